The van der Waals surface area contributed by atoms with Crippen molar-refractivity contribution in [3.8, 4) is 0 Å². The summed E-state index contributed by atoms with van der Waals surface area (Å²) in [6, 6.07) is 2.92. The minimum atomic E-state index is -3.64. The lowest BCUT2D eigenvalue weighted by molar-refractivity contribution is 0.177. The maximum Gasteiger partial charge on any atom is 0.245 e. The Balaban J connectivity index is 2.92. The predicted molar refractivity (Wildman–Crippen MR) is 65.4 cm³/mol. The van der Waals surface area contributed by atoms with Crippen LogP contribution in [-0.2, 0) is 10.0 Å². The number of hydrogen-bond acceptors (Lipinski definition) is 4. The average Bonchev–Trinajstić information content (AvgIpc) is 2.26. The summed E-state index contributed by atoms with van der Waals surface area (Å²) in [5.41, 5.74) is 0. The quantitative estimate of drug-likeness (QED) is 0.820. The molecule has 0 spiro atoms. The number of nitrogens with zero attached hydrogens (tertiary/aromatic N) is 2. The van der Waals surface area contributed by atoms with E-state index in [1.54, 1.807) is 6.92 Å². The van der Waals surface area contributed by atoms with Gasteiger partial charge in [-0.2, -0.15) is 0 Å². The molecule has 1 unspecified atom stereocenters. The maximum atomic E-state index is 12.1. The van der Waals surface area contributed by atoms with E-state index in [1.165, 1.54) is 25.4 Å². The van der Waals surface area contributed by atoms with Gasteiger partial charge in [-0.15, -0.1) is 0 Å². The Morgan fingerprint density at radius 1 is 1.59 bits per heavy atom. The minimum absolute atomic E-state index is 0.0187. The van der Waals surface area contributed by atoms with E-state index in [4.69, 9.17) is 16.7 Å². The molecule has 1 atom stereocenters. The molecular formula is C10H15ClN2O3S. The van der Waals surface area contributed by atoms with Gasteiger partial charge in [0, 0.05) is 19.8 Å². The molecule has 1 N–H and O–H groups in total. The Hall–Kier alpha value is -0.690. The Kier molecular flexibility index (Phi) is 4.88. The van der Waals surface area contributed by atoms with Crippen LogP contribution in [0.2, 0.25) is 5.15 Å². The summed E-state index contributed by atoms with van der Waals surface area (Å²) < 4.78 is 25.3. The standard InChI is InChI=1S/C10H15ClN2O3S/c1-8(14)5-7-13(2)17(15,16)9-4-3-6-12-10(9)11/h3-4,6,8,14H,5,7H2,1-2H3. The van der Waals surface area contributed by atoms with Crippen LogP contribution < -0.4 is 0 Å². The van der Waals surface area contributed by atoms with Gasteiger partial charge in [-0.3, -0.25) is 0 Å². The highest BCUT2D eigenvalue weighted by atomic mass is 35.5. The second kappa shape index (κ2) is 5.77. The van der Waals surface area contributed by atoms with Gasteiger partial charge < -0.3 is 5.11 Å². The summed E-state index contributed by atoms with van der Waals surface area (Å²) in [6.45, 7) is 1.84. The fourth-order valence-corrected chi connectivity index (χ4v) is 2.83. The Morgan fingerprint density at radius 2 is 2.24 bits per heavy atom. The number of pyridine rings is 1. The molecule has 1 aromatic rings. The second-order valence-electron chi connectivity index (χ2n) is 3.76. The fourth-order valence-electron chi connectivity index (χ4n) is 1.22. The van der Waals surface area contributed by atoms with Crippen molar-refractivity contribution in [3.05, 3.63) is 23.5 Å². The summed E-state index contributed by atoms with van der Waals surface area (Å²) in [5.74, 6) is 0. The normalized spacial score (nSPS) is 13.9. The SMILES string of the molecule is CC(O)CCN(C)S(=O)(=O)c1cccnc1Cl. The Bertz CT molecular complexity index is 476. The summed E-state index contributed by atoms with van der Waals surface area (Å²) in [7, 11) is -2.19. The van der Waals surface area contributed by atoms with Gasteiger partial charge in [0.15, 0.2) is 0 Å². The van der Waals surface area contributed by atoms with E-state index < -0.39 is 16.1 Å². The molecule has 0 fully saturated rings. The maximum absolute atomic E-state index is 12.1. The summed E-state index contributed by atoms with van der Waals surface area (Å²) in [5, 5.41) is 9.09. The van der Waals surface area contributed by atoms with Gasteiger partial charge in [-0.25, -0.2) is 17.7 Å². The number of rotatable bonds is 5. The van der Waals surface area contributed by atoms with Crippen molar-refractivity contribution < 1.29 is 13.5 Å². The fraction of sp³-hybridized carbons (Fsp3) is 0.500. The van der Waals surface area contributed by atoms with Crippen molar-refractivity contribution in [2.75, 3.05) is 13.6 Å². The minimum Gasteiger partial charge on any atom is -0.393 e. The van der Waals surface area contributed by atoms with Gasteiger partial charge in [0.05, 0.1) is 6.10 Å². The molecule has 0 aliphatic rings. The first-order valence-electron chi connectivity index (χ1n) is 5.10. The molecule has 0 bridgehead atoms. The third-order valence-corrected chi connectivity index (χ3v) is 4.58. The van der Waals surface area contributed by atoms with Crippen LogP contribution in [0.5, 0.6) is 0 Å². The lowest BCUT2D eigenvalue weighted by atomic mass is 10.3. The van der Waals surface area contributed by atoms with Crippen LogP contribution in [0, 0.1) is 0 Å². The summed E-state index contributed by atoms with van der Waals surface area (Å²) >= 11 is 5.75. The van der Waals surface area contributed by atoms with E-state index in [1.807, 2.05) is 0 Å². The van der Waals surface area contributed by atoms with Gasteiger partial charge in [0.25, 0.3) is 0 Å². The highest BCUT2D eigenvalue weighted by molar-refractivity contribution is 7.89. The van der Waals surface area contributed by atoms with Crippen molar-refractivity contribution in [3.63, 3.8) is 0 Å². The van der Waals surface area contributed by atoms with Crippen LogP contribution in [0.4, 0.5) is 0 Å². The van der Waals surface area contributed by atoms with E-state index in [0.717, 1.165) is 4.31 Å². The molecule has 0 aliphatic carbocycles. The Labute approximate surface area is 106 Å². The Morgan fingerprint density at radius 3 is 2.76 bits per heavy atom. The molecular weight excluding hydrogens is 264 g/mol. The molecule has 7 heteroatoms. The van der Waals surface area contributed by atoms with Gasteiger partial charge in [-0.1, -0.05) is 11.6 Å². The zero-order valence-electron chi connectivity index (χ0n) is 9.67. The average molecular weight is 279 g/mol. The molecule has 0 aliphatic heterocycles. The number of aliphatic hydroxyl groups excluding tert-OH is 1. The first kappa shape index (κ1) is 14.4. The van der Waals surface area contributed by atoms with Gasteiger partial charge in [-0.05, 0) is 25.5 Å². The predicted octanol–water partition coefficient (Wildman–Crippen LogP) is 1.13. The van der Waals surface area contributed by atoms with E-state index in [2.05, 4.69) is 4.98 Å². The van der Waals surface area contributed by atoms with Crippen molar-refractivity contribution in [1.82, 2.24) is 9.29 Å². The van der Waals surface area contributed by atoms with Crippen molar-refractivity contribution >= 4 is 21.6 Å². The lowest BCUT2D eigenvalue weighted by Crippen LogP contribution is -2.29. The monoisotopic (exact) mass is 278 g/mol. The zero-order valence-corrected chi connectivity index (χ0v) is 11.2. The highest BCUT2D eigenvalue weighted by Gasteiger charge is 2.23. The second-order valence-corrected chi connectivity index (χ2v) is 6.13. The van der Waals surface area contributed by atoms with Crippen LogP contribution in [0.1, 0.15) is 13.3 Å². The molecule has 0 saturated heterocycles. The summed E-state index contributed by atoms with van der Waals surface area (Å²) in [6.07, 6.45) is 1.25. The van der Waals surface area contributed by atoms with E-state index in [-0.39, 0.29) is 16.6 Å². The zero-order chi connectivity index (χ0) is 13.1. The summed E-state index contributed by atoms with van der Waals surface area (Å²) in [4.78, 5) is 3.71. The van der Waals surface area contributed by atoms with E-state index in [9.17, 15) is 8.42 Å². The van der Waals surface area contributed by atoms with Crippen LogP contribution >= 0.6 is 11.6 Å². The highest BCUT2D eigenvalue weighted by Crippen LogP contribution is 2.21. The molecule has 0 aromatic carbocycles. The number of aliphatic hydroxyl groups is 1. The van der Waals surface area contributed by atoms with Crippen molar-refractivity contribution in [1.29, 1.82) is 0 Å². The smallest absolute Gasteiger partial charge is 0.245 e. The van der Waals surface area contributed by atoms with Crippen molar-refractivity contribution in [2.45, 2.75) is 24.3 Å². The van der Waals surface area contributed by atoms with Gasteiger partial charge >= 0.3 is 0 Å². The topological polar surface area (TPSA) is 70.5 Å². The van der Waals surface area contributed by atoms with Crippen LogP contribution in [-0.4, -0.2) is 42.5 Å². The molecule has 0 saturated carbocycles. The van der Waals surface area contributed by atoms with Gasteiger partial charge in [0.1, 0.15) is 10.0 Å². The molecule has 0 radical (unpaired) electrons. The molecule has 1 aromatic heterocycles. The molecule has 0 amide bonds. The number of hydrogen-bond donors (Lipinski definition) is 1. The molecule has 1 rings (SSSR count). The van der Waals surface area contributed by atoms with Crippen LogP contribution in [0.15, 0.2) is 23.2 Å². The molecule has 17 heavy (non-hydrogen) atoms. The first-order valence-corrected chi connectivity index (χ1v) is 6.92. The molecule has 1 heterocycles. The number of aromatic nitrogens is 1. The first-order chi connectivity index (χ1) is 7.85. The van der Waals surface area contributed by atoms with Crippen molar-refractivity contribution in [2.24, 2.45) is 0 Å². The van der Waals surface area contributed by atoms with Gasteiger partial charge in [0.2, 0.25) is 10.0 Å². The van der Waals surface area contributed by atoms with Crippen LogP contribution in [0.25, 0.3) is 0 Å². The number of sulfonamides is 1. The van der Waals surface area contributed by atoms with Crippen LogP contribution in [0.3, 0.4) is 0 Å². The lowest BCUT2D eigenvalue weighted by Gasteiger charge is -2.18. The third-order valence-electron chi connectivity index (χ3n) is 2.27. The largest absolute Gasteiger partial charge is 0.393 e. The van der Waals surface area contributed by atoms with E-state index >= 15 is 0 Å². The third kappa shape index (κ3) is 3.64. The molecule has 5 nitrogen and oxygen atoms in total. The number of halogens is 1. The molecule has 96 valence electrons. The van der Waals surface area contributed by atoms with E-state index in [0.29, 0.717) is 6.42 Å².